The summed E-state index contributed by atoms with van der Waals surface area (Å²) in [7, 11) is 0. The molecule has 102 valence electrons. The highest BCUT2D eigenvalue weighted by Crippen LogP contribution is 2.20. The van der Waals surface area contributed by atoms with Crippen LogP contribution in [0.3, 0.4) is 0 Å². The van der Waals surface area contributed by atoms with E-state index in [1.54, 1.807) is 6.20 Å². The topological polar surface area (TPSA) is 68.7 Å². The normalized spacial score (nSPS) is 20.1. The van der Waals surface area contributed by atoms with Crippen molar-refractivity contribution in [3.05, 3.63) is 24.0 Å². The summed E-state index contributed by atoms with van der Waals surface area (Å²) < 4.78 is 7.61. The van der Waals surface area contributed by atoms with Gasteiger partial charge >= 0.3 is 0 Å². The van der Waals surface area contributed by atoms with Crippen LogP contribution in [0.4, 0.5) is 5.82 Å². The molecule has 1 atom stereocenters. The van der Waals surface area contributed by atoms with E-state index in [2.05, 4.69) is 21.0 Å². The summed E-state index contributed by atoms with van der Waals surface area (Å²) >= 11 is 0. The molecule has 19 heavy (non-hydrogen) atoms. The Balaban J connectivity index is 1.92. The number of ether oxygens (including phenoxy) is 1. The van der Waals surface area contributed by atoms with Gasteiger partial charge in [0.15, 0.2) is 5.65 Å². The second-order valence-corrected chi connectivity index (χ2v) is 4.87. The molecule has 3 heterocycles. The molecule has 0 radical (unpaired) electrons. The van der Waals surface area contributed by atoms with Gasteiger partial charge in [-0.2, -0.15) is 9.61 Å². The summed E-state index contributed by atoms with van der Waals surface area (Å²) in [5, 5.41) is 4.35. The first-order valence-electron chi connectivity index (χ1n) is 6.66. The first kappa shape index (κ1) is 12.4. The van der Waals surface area contributed by atoms with Crippen molar-refractivity contribution in [2.24, 2.45) is 5.73 Å². The van der Waals surface area contributed by atoms with E-state index in [0.29, 0.717) is 6.54 Å². The maximum atomic E-state index is 5.73. The molecular formula is C13H19N5O. The molecule has 0 saturated carbocycles. The van der Waals surface area contributed by atoms with E-state index in [9.17, 15) is 0 Å². The smallest absolute Gasteiger partial charge is 0.157 e. The van der Waals surface area contributed by atoms with Gasteiger partial charge in [-0.3, -0.25) is 0 Å². The average Bonchev–Trinajstić information content (AvgIpc) is 2.86. The minimum Gasteiger partial charge on any atom is -0.374 e. The van der Waals surface area contributed by atoms with Crippen molar-refractivity contribution < 1.29 is 4.74 Å². The number of fused-ring (bicyclic) bond motifs is 1. The Morgan fingerprint density at radius 3 is 3.26 bits per heavy atom. The van der Waals surface area contributed by atoms with Crippen LogP contribution in [0.1, 0.15) is 12.1 Å². The number of morpholine rings is 1. The van der Waals surface area contributed by atoms with E-state index in [1.165, 1.54) is 0 Å². The molecule has 0 spiro atoms. The van der Waals surface area contributed by atoms with E-state index in [4.69, 9.17) is 10.5 Å². The van der Waals surface area contributed by atoms with Gasteiger partial charge in [0.25, 0.3) is 0 Å². The van der Waals surface area contributed by atoms with Crippen LogP contribution in [0.25, 0.3) is 5.65 Å². The lowest BCUT2D eigenvalue weighted by Crippen LogP contribution is -2.44. The maximum Gasteiger partial charge on any atom is 0.157 e. The molecule has 1 unspecified atom stereocenters. The van der Waals surface area contributed by atoms with Crippen LogP contribution in [-0.4, -0.2) is 46.9 Å². The lowest BCUT2D eigenvalue weighted by molar-refractivity contribution is 0.0365. The molecule has 2 N–H and O–H groups in total. The summed E-state index contributed by atoms with van der Waals surface area (Å²) in [6.07, 6.45) is 2.88. The average molecular weight is 261 g/mol. The van der Waals surface area contributed by atoms with E-state index < -0.39 is 0 Å². The predicted molar refractivity (Wildman–Crippen MR) is 73.3 cm³/mol. The minimum atomic E-state index is 0.206. The number of hydrogen-bond donors (Lipinski definition) is 1. The van der Waals surface area contributed by atoms with Gasteiger partial charge < -0.3 is 15.4 Å². The summed E-state index contributed by atoms with van der Waals surface area (Å²) in [6, 6.07) is 4.00. The van der Waals surface area contributed by atoms with E-state index in [0.717, 1.165) is 43.3 Å². The third-order valence-electron chi connectivity index (χ3n) is 3.42. The summed E-state index contributed by atoms with van der Waals surface area (Å²) in [5.74, 6) is 1.08. The zero-order chi connectivity index (χ0) is 13.2. The van der Waals surface area contributed by atoms with Crippen molar-refractivity contribution in [3.8, 4) is 0 Å². The highest BCUT2D eigenvalue weighted by Gasteiger charge is 2.22. The standard InChI is InChI=1S/C13H19N5O/c1-10-8-13(18-12(16-10)3-5-15-18)17-6-7-19-11(9-17)2-4-14/h3,5,8,11H,2,4,6-7,9,14H2,1H3. The van der Waals surface area contributed by atoms with Crippen LogP contribution in [0.5, 0.6) is 0 Å². The number of hydrogen-bond acceptors (Lipinski definition) is 5. The number of rotatable bonds is 3. The van der Waals surface area contributed by atoms with Gasteiger partial charge in [-0.15, -0.1) is 0 Å². The molecule has 0 bridgehead atoms. The molecule has 1 fully saturated rings. The number of nitrogens with two attached hydrogens (primary N) is 1. The van der Waals surface area contributed by atoms with Gasteiger partial charge in [0.2, 0.25) is 0 Å². The fraction of sp³-hybridized carbons (Fsp3) is 0.538. The Kier molecular flexibility index (Phi) is 3.35. The Labute approximate surface area is 112 Å². The van der Waals surface area contributed by atoms with Gasteiger partial charge in [-0.25, -0.2) is 4.98 Å². The van der Waals surface area contributed by atoms with Gasteiger partial charge in [0, 0.05) is 30.9 Å². The molecule has 1 saturated heterocycles. The summed E-state index contributed by atoms with van der Waals surface area (Å²) in [6.45, 7) is 5.13. The van der Waals surface area contributed by atoms with Crippen LogP contribution in [0.15, 0.2) is 18.3 Å². The Morgan fingerprint density at radius 1 is 1.53 bits per heavy atom. The SMILES string of the molecule is Cc1cc(N2CCOC(CCN)C2)n2nccc2n1. The molecule has 6 heteroatoms. The molecular weight excluding hydrogens is 242 g/mol. The fourth-order valence-electron chi connectivity index (χ4n) is 2.53. The first-order chi connectivity index (χ1) is 9.28. The molecule has 0 aromatic carbocycles. The second-order valence-electron chi connectivity index (χ2n) is 4.87. The maximum absolute atomic E-state index is 5.73. The Hall–Kier alpha value is -1.66. The number of anilines is 1. The van der Waals surface area contributed by atoms with Crippen LogP contribution in [0, 0.1) is 6.92 Å². The molecule has 0 amide bonds. The van der Waals surface area contributed by atoms with Gasteiger partial charge in [-0.05, 0) is 19.9 Å². The van der Waals surface area contributed by atoms with Gasteiger partial charge in [-0.1, -0.05) is 0 Å². The van der Waals surface area contributed by atoms with Crippen molar-refractivity contribution in [2.75, 3.05) is 31.1 Å². The van der Waals surface area contributed by atoms with Crippen molar-refractivity contribution >= 4 is 11.5 Å². The molecule has 0 aliphatic carbocycles. The van der Waals surface area contributed by atoms with Gasteiger partial charge in [0.1, 0.15) is 5.82 Å². The van der Waals surface area contributed by atoms with Crippen LogP contribution < -0.4 is 10.6 Å². The van der Waals surface area contributed by atoms with E-state index >= 15 is 0 Å². The van der Waals surface area contributed by atoms with Gasteiger partial charge in [0.05, 0.1) is 18.9 Å². The third-order valence-corrected chi connectivity index (χ3v) is 3.42. The third kappa shape index (κ3) is 2.41. The summed E-state index contributed by atoms with van der Waals surface area (Å²) in [4.78, 5) is 6.77. The molecule has 3 rings (SSSR count). The van der Waals surface area contributed by atoms with Crippen molar-refractivity contribution in [1.82, 2.24) is 14.6 Å². The van der Waals surface area contributed by atoms with Crippen LogP contribution >= 0.6 is 0 Å². The van der Waals surface area contributed by atoms with Crippen molar-refractivity contribution in [3.63, 3.8) is 0 Å². The zero-order valence-corrected chi connectivity index (χ0v) is 11.1. The Bertz CT molecular complexity index is 565. The lowest BCUT2D eigenvalue weighted by Gasteiger charge is -2.34. The molecule has 1 aliphatic heterocycles. The van der Waals surface area contributed by atoms with E-state index in [1.807, 2.05) is 17.5 Å². The predicted octanol–water partition coefficient (Wildman–Crippen LogP) is 0.592. The number of aromatic nitrogens is 3. The summed E-state index contributed by atoms with van der Waals surface area (Å²) in [5.41, 5.74) is 7.51. The Morgan fingerprint density at radius 2 is 2.42 bits per heavy atom. The monoisotopic (exact) mass is 261 g/mol. The van der Waals surface area contributed by atoms with Crippen molar-refractivity contribution in [1.29, 1.82) is 0 Å². The minimum absolute atomic E-state index is 0.206. The quantitative estimate of drug-likeness (QED) is 0.876. The van der Waals surface area contributed by atoms with Crippen LogP contribution in [-0.2, 0) is 4.74 Å². The van der Waals surface area contributed by atoms with Crippen LogP contribution in [0.2, 0.25) is 0 Å². The fourth-order valence-corrected chi connectivity index (χ4v) is 2.53. The largest absolute Gasteiger partial charge is 0.374 e. The number of nitrogens with zero attached hydrogens (tertiary/aromatic N) is 4. The second kappa shape index (κ2) is 5.14. The lowest BCUT2D eigenvalue weighted by atomic mass is 10.2. The molecule has 2 aromatic heterocycles. The molecule has 2 aromatic rings. The zero-order valence-electron chi connectivity index (χ0n) is 11.1. The highest BCUT2D eigenvalue weighted by molar-refractivity contribution is 5.50. The number of aryl methyl sites for hydroxylation is 1. The van der Waals surface area contributed by atoms with Crippen molar-refractivity contribution in [2.45, 2.75) is 19.4 Å². The molecule has 1 aliphatic rings. The molecule has 6 nitrogen and oxygen atoms in total. The first-order valence-corrected chi connectivity index (χ1v) is 6.66. The highest BCUT2D eigenvalue weighted by atomic mass is 16.5. The van der Waals surface area contributed by atoms with E-state index in [-0.39, 0.29) is 6.10 Å².